The Morgan fingerprint density at radius 1 is 0.743 bits per heavy atom. The molecule has 0 spiro atoms. The Kier molecular flexibility index (Phi) is 6.94. The van der Waals surface area contributed by atoms with E-state index in [-0.39, 0.29) is 0 Å². The van der Waals surface area contributed by atoms with Crippen LogP contribution < -0.4 is 4.74 Å². The Labute approximate surface area is 208 Å². The van der Waals surface area contributed by atoms with Crippen LogP contribution in [0.25, 0.3) is 22.2 Å². The topological polar surface area (TPSA) is 27.1 Å². The van der Waals surface area contributed by atoms with Gasteiger partial charge in [0.2, 0.25) is 0 Å². The predicted octanol–water partition coefficient (Wildman–Crippen LogP) is 7.89. The van der Waals surface area contributed by atoms with Crippen molar-refractivity contribution >= 4 is 11.0 Å². The number of hydrogen-bond acceptors (Lipinski definition) is 2. The molecule has 3 nitrogen and oxygen atoms in total. The minimum absolute atomic E-state index is 0.448. The molecule has 5 rings (SSSR count). The minimum Gasteiger partial charge on any atom is -0.493 e. The first-order valence-electron chi connectivity index (χ1n) is 12.5. The Morgan fingerprint density at radius 2 is 1.43 bits per heavy atom. The van der Waals surface area contributed by atoms with Crippen LogP contribution in [0, 0.1) is 0 Å². The van der Waals surface area contributed by atoms with E-state index in [9.17, 15) is 0 Å². The second kappa shape index (κ2) is 10.6. The fourth-order valence-electron chi connectivity index (χ4n) is 4.63. The fourth-order valence-corrected chi connectivity index (χ4v) is 4.63. The van der Waals surface area contributed by atoms with Gasteiger partial charge in [0.1, 0.15) is 11.6 Å². The number of benzene rings is 4. The molecule has 0 bridgehead atoms. The van der Waals surface area contributed by atoms with Crippen molar-refractivity contribution in [3.05, 3.63) is 120 Å². The molecule has 4 aromatic carbocycles. The van der Waals surface area contributed by atoms with Crippen molar-refractivity contribution in [3.63, 3.8) is 0 Å². The van der Waals surface area contributed by atoms with Crippen molar-refractivity contribution < 1.29 is 4.74 Å². The van der Waals surface area contributed by atoms with Gasteiger partial charge in [-0.25, -0.2) is 4.98 Å². The highest BCUT2D eigenvalue weighted by Crippen LogP contribution is 2.26. The number of imidazole rings is 1. The van der Waals surface area contributed by atoms with Crippen LogP contribution in [0.3, 0.4) is 0 Å². The van der Waals surface area contributed by atoms with E-state index in [0.29, 0.717) is 12.5 Å². The van der Waals surface area contributed by atoms with Gasteiger partial charge in [0.25, 0.3) is 0 Å². The molecule has 0 saturated heterocycles. The van der Waals surface area contributed by atoms with Gasteiger partial charge in [-0.15, -0.1) is 0 Å². The first-order chi connectivity index (χ1) is 17.2. The van der Waals surface area contributed by atoms with Crippen LogP contribution in [0.15, 0.2) is 103 Å². The van der Waals surface area contributed by atoms with Gasteiger partial charge in [-0.2, -0.15) is 0 Å². The predicted molar refractivity (Wildman–Crippen MR) is 145 cm³/mol. The van der Waals surface area contributed by atoms with Crippen LogP contribution in [-0.4, -0.2) is 16.2 Å². The second-order valence-corrected chi connectivity index (χ2v) is 9.30. The molecule has 0 N–H and O–H groups in total. The largest absolute Gasteiger partial charge is 0.493 e. The van der Waals surface area contributed by atoms with E-state index in [1.54, 1.807) is 0 Å². The standard InChI is InChI=1S/C32H32N2O/c1-24(2)28-13-6-9-16-31(28)35-22-10-21-34-30-15-8-7-14-29(30)33-32(34)23-25-17-19-27(20-18-25)26-11-4-3-5-12-26/h3-9,11-20,24H,10,21-23H2,1-2H3. The van der Waals surface area contributed by atoms with E-state index in [2.05, 4.69) is 115 Å². The molecule has 0 amide bonds. The third-order valence-electron chi connectivity index (χ3n) is 6.48. The number of fused-ring (bicyclic) bond motifs is 1. The molecule has 0 aliphatic rings. The maximum atomic E-state index is 6.19. The summed E-state index contributed by atoms with van der Waals surface area (Å²) in [5.74, 6) is 2.54. The van der Waals surface area contributed by atoms with Crippen molar-refractivity contribution in [2.24, 2.45) is 0 Å². The Hall–Kier alpha value is -3.85. The van der Waals surface area contributed by atoms with Gasteiger partial charge in [0.15, 0.2) is 0 Å². The van der Waals surface area contributed by atoms with Gasteiger partial charge < -0.3 is 9.30 Å². The van der Waals surface area contributed by atoms with E-state index < -0.39 is 0 Å². The highest BCUT2D eigenvalue weighted by molar-refractivity contribution is 5.76. The maximum absolute atomic E-state index is 6.19. The van der Waals surface area contributed by atoms with E-state index in [4.69, 9.17) is 9.72 Å². The van der Waals surface area contributed by atoms with Crippen LogP contribution in [0.5, 0.6) is 5.75 Å². The van der Waals surface area contributed by atoms with Gasteiger partial charge in [-0.3, -0.25) is 0 Å². The van der Waals surface area contributed by atoms with Crippen LogP contribution in [0.4, 0.5) is 0 Å². The number of hydrogen-bond donors (Lipinski definition) is 0. The number of ether oxygens (including phenoxy) is 1. The van der Waals surface area contributed by atoms with E-state index in [0.717, 1.165) is 36.5 Å². The van der Waals surface area contributed by atoms with Gasteiger partial charge in [-0.1, -0.05) is 98.8 Å². The molecular formula is C32H32N2O. The quantitative estimate of drug-likeness (QED) is 0.209. The Balaban J connectivity index is 1.31. The van der Waals surface area contributed by atoms with Gasteiger partial charge in [0.05, 0.1) is 17.6 Å². The second-order valence-electron chi connectivity index (χ2n) is 9.30. The maximum Gasteiger partial charge on any atom is 0.122 e. The van der Waals surface area contributed by atoms with Gasteiger partial charge in [-0.05, 0) is 52.8 Å². The third-order valence-corrected chi connectivity index (χ3v) is 6.48. The summed E-state index contributed by atoms with van der Waals surface area (Å²) in [7, 11) is 0. The van der Waals surface area contributed by atoms with Crippen LogP contribution >= 0.6 is 0 Å². The lowest BCUT2D eigenvalue weighted by Crippen LogP contribution is -2.09. The molecule has 0 atom stereocenters. The normalized spacial score (nSPS) is 11.3. The number of aromatic nitrogens is 2. The van der Waals surface area contributed by atoms with E-state index in [1.165, 1.54) is 27.8 Å². The fraction of sp³-hybridized carbons (Fsp3) is 0.219. The van der Waals surface area contributed by atoms with Crippen molar-refractivity contribution in [2.45, 2.75) is 39.2 Å². The third kappa shape index (κ3) is 5.30. The summed E-state index contributed by atoms with van der Waals surface area (Å²) in [6, 6.07) is 36.1. The lowest BCUT2D eigenvalue weighted by molar-refractivity contribution is 0.298. The highest BCUT2D eigenvalue weighted by atomic mass is 16.5. The number of rotatable bonds is 9. The minimum atomic E-state index is 0.448. The van der Waals surface area contributed by atoms with Crippen LogP contribution in [-0.2, 0) is 13.0 Å². The molecular weight excluding hydrogens is 428 g/mol. The lowest BCUT2D eigenvalue weighted by atomic mass is 10.0. The SMILES string of the molecule is CC(C)c1ccccc1OCCCn1c(Cc2ccc(-c3ccccc3)cc2)nc2ccccc21. The summed E-state index contributed by atoms with van der Waals surface area (Å²) in [5, 5.41) is 0. The molecule has 176 valence electrons. The average Bonchev–Trinajstić information content (AvgIpc) is 3.24. The molecule has 0 aliphatic heterocycles. The zero-order chi connectivity index (χ0) is 24.0. The molecule has 0 aliphatic carbocycles. The summed E-state index contributed by atoms with van der Waals surface area (Å²) in [5.41, 5.74) is 7.25. The summed E-state index contributed by atoms with van der Waals surface area (Å²) >= 11 is 0. The monoisotopic (exact) mass is 460 g/mol. The number of para-hydroxylation sites is 3. The molecule has 0 fully saturated rings. The van der Waals surface area contributed by atoms with E-state index >= 15 is 0 Å². The number of aryl methyl sites for hydroxylation is 1. The Morgan fingerprint density at radius 3 is 2.23 bits per heavy atom. The molecule has 35 heavy (non-hydrogen) atoms. The first-order valence-corrected chi connectivity index (χ1v) is 12.5. The smallest absolute Gasteiger partial charge is 0.122 e. The van der Waals surface area contributed by atoms with Crippen molar-refractivity contribution in [1.82, 2.24) is 9.55 Å². The van der Waals surface area contributed by atoms with Gasteiger partial charge >= 0.3 is 0 Å². The summed E-state index contributed by atoms with van der Waals surface area (Å²) in [6.07, 6.45) is 1.73. The zero-order valence-corrected chi connectivity index (χ0v) is 20.5. The molecule has 1 aromatic heterocycles. The Bertz CT molecular complexity index is 1380. The molecule has 5 aromatic rings. The van der Waals surface area contributed by atoms with E-state index in [1.807, 2.05) is 6.07 Å². The summed E-state index contributed by atoms with van der Waals surface area (Å²) in [4.78, 5) is 4.98. The molecule has 0 radical (unpaired) electrons. The van der Waals surface area contributed by atoms with Crippen LogP contribution in [0.2, 0.25) is 0 Å². The van der Waals surface area contributed by atoms with Crippen molar-refractivity contribution in [2.75, 3.05) is 6.61 Å². The zero-order valence-electron chi connectivity index (χ0n) is 20.5. The molecule has 1 heterocycles. The number of nitrogens with zero attached hydrogens (tertiary/aromatic N) is 2. The summed E-state index contributed by atoms with van der Waals surface area (Å²) < 4.78 is 8.55. The molecule has 3 heteroatoms. The van der Waals surface area contributed by atoms with Crippen molar-refractivity contribution in [1.29, 1.82) is 0 Å². The van der Waals surface area contributed by atoms with Crippen molar-refractivity contribution in [3.8, 4) is 16.9 Å². The molecule has 0 unspecified atom stereocenters. The van der Waals surface area contributed by atoms with Crippen LogP contribution in [0.1, 0.15) is 43.1 Å². The summed E-state index contributed by atoms with van der Waals surface area (Å²) in [6.45, 7) is 5.97. The van der Waals surface area contributed by atoms with Gasteiger partial charge in [0, 0.05) is 13.0 Å². The average molecular weight is 461 g/mol. The highest BCUT2D eigenvalue weighted by Gasteiger charge is 2.12. The first kappa shape index (κ1) is 22.9. The molecule has 0 saturated carbocycles. The lowest BCUT2D eigenvalue weighted by Gasteiger charge is -2.14.